The Labute approximate surface area is 166 Å². The number of rotatable bonds is 5. The average molecular weight is 418 g/mol. The number of aromatic amines is 1. The Balaban J connectivity index is 1.49. The molecule has 0 saturated heterocycles. The molecule has 0 aliphatic carbocycles. The number of carbonyl (C=O) groups excluding carboxylic acids is 1. The minimum absolute atomic E-state index is 0.0314. The number of nitrogens with zero attached hydrogens (tertiary/aromatic N) is 3. The Bertz CT molecular complexity index is 1180. The fourth-order valence-electron chi connectivity index (χ4n) is 2.81. The van der Waals surface area contributed by atoms with Crippen molar-refractivity contribution in [3.8, 4) is 0 Å². The van der Waals surface area contributed by atoms with Gasteiger partial charge < -0.3 is 9.72 Å². The molecule has 0 aliphatic heterocycles. The summed E-state index contributed by atoms with van der Waals surface area (Å²) in [7, 11) is 0. The molecule has 0 amide bonds. The number of carbonyl (C=O) groups is 1. The third kappa shape index (κ3) is 4.16. The topological polar surface area (TPSA) is 80.8 Å². The lowest BCUT2D eigenvalue weighted by Crippen LogP contribution is -2.08. The van der Waals surface area contributed by atoms with Gasteiger partial charge in [-0.05, 0) is 17.7 Å². The highest BCUT2D eigenvalue weighted by Crippen LogP contribution is 2.37. The molecule has 6 nitrogen and oxygen atoms in total. The number of ether oxygens (including phenoxy) is 1. The summed E-state index contributed by atoms with van der Waals surface area (Å²) in [6.07, 6.45) is -4.52. The Morgan fingerprint density at radius 1 is 1.07 bits per heavy atom. The Morgan fingerprint density at radius 2 is 1.86 bits per heavy atom. The van der Waals surface area contributed by atoms with Crippen molar-refractivity contribution in [3.63, 3.8) is 0 Å². The van der Waals surface area contributed by atoms with Gasteiger partial charge in [0.15, 0.2) is 5.65 Å². The summed E-state index contributed by atoms with van der Waals surface area (Å²) in [5.74, 6) is -0.507. The van der Waals surface area contributed by atoms with Crippen LogP contribution in [0, 0.1) is 0 Å². The van der Waals surface area contributed by atoms with E-state index in [9.17, 15) is 18.0 Å². The molecule has 0 saturated carbocycles. The lowest BCUT2D eigenvalue weighted by atomic mass is 10.1. The summed E-state index contributed by atoms with van der Waals surface area (Å²) in [6, 6.07) is 13.0. The summed E-state index contributed by atoms with van der Waals surface area (Å²) < 4.78 is 45.0. The van der Waals surface area contributed by atoms with Crippen molar-refractivity contribution in [2.24, 2.45) is 0 Å². The first-order chi connectivity index (χ1) is 13.9. The third-order valence-electron chi connectivity index (χ3n) is 4.09. The first-order valence-corrected chi connectivity index (χ1v) is 9.45. The van der Waals surface area contributed by atoms with Gasteiger partial charge in [-0.1, -0.05) is 48.2 Å². The number of halogens is 3. The molecule has 4 rings (SSSR count). The number of nitrogens with one attached hydrogen (secondary N) is 1. The average Bonchev–Trinajstić information content (AvgIpc) is 3.08. The lowest BCUT2D eigenvalue weighted by molar-refractivity contribution is -0.141. The fraction of sp³-hybridized carbons (Fsp3) is 0.158. The number of benzene rings is 2. The molecular weight excluding hydrogens is 405 g/mol. The van der Waals surface area contributed by atoms with Crippen molar-refractivity contribution in [3.05, 3.63) is 59.7 Å². The second-order valence-electron chi connectivity index (χ2n) is 6.08. The molecule has 1 N–H and O–H groups in total. The maximum atomic E-state index is 13.3. The first-order valence-electron chi connectivity index (χ1n) is 8.46. The molecule has 0 radical (unpaired) electrons. The smallest absolute Gasteiger partial charge is 0.417 e. The lowest BCUT2D eigenvalue weighted by Gasteiger charge is -2.07. The van der Waals surface area contributed by atoms with Gasteiger partial charge in [-0.15, -0.1) is 10.2 Å². The van der Waals surface area contributed by atoms with Gasteiger partial charge in [0, 0.05) is 10.9 Å². The van der Waals surface area contributed by atoms with E-state index in [1.807, 2.05) is 30.3 Å². The minimum Gasteiger partial charge on any atom is -0.460 e. The van der Waals surface area contributed by atoms with Crippen molar-refractivity contribution in [2.75, 3.05) is 5.75 Å². The largest absolute Gasteiger partial charge is 0.460 e. The van der Waals surface area contributed by atoms with E-state index in [0.717, 1.165) is 23.4 Å². The van der Waals surface area contributed by atoms with E-state index in [4.69, 9.17) is 4.74 Å². The van der Waals surface area contributed by atoms with Crippen LogP contribution < -0.4 is 0 Å². The number of hydrogen-bond donors (Lipinski definition) is 1. The fourth-order valence-corrected chi connectivity index (χ4v) is 3.39. The van der Waals surface area contributed by atoms with Gasteiger partial charge in [0.05, 0.1) is 11.3 Å². The Hall–Kier alpha value is -3.14. The van der Waals surface area contributed by atoms with Crippen LogP contribution in [0.25, 0.3) is 22.1 Å². The quantitative estimate of drug-likeness (QED) is 0.383. The van der Waals surface area contributed by atoms with Gasteiger partial charge in [0.25, 0.3) is 0 Å². The van der Waals surface area contributed by atoms with Crippen LogP contribution in [0.1, 0.15) is 11.1 Å². The zero-order chi connectivity index (χ0) is 20.4. The van der Waals surface area contributed by atoms with Crippen LogP contribution in [0.15, 0.2) is 53.7 Å². The van der Waals surface area contributed by atoms with Crippen LogP contribution in [0.2, 0.25) is 0 Å². The molecule has 2 aromatic heterocycles. The molecule has 0 spiro atoms. The number of H-pyrrole nitrogens is 1. The second-order valence-corrected chi connectivity index (χ2v) is 7.02. The second kappa shape index (κ2) is 7.70. The molecule has 0 aliphatic rings. The normalized spacial score (nSPS) is 11.8. The van der Waals surface area contributed by atoms with Crippen molar-refractivity contribution >= 4 is 39.8 Å². The molecule has 0 unspecified atom stereocenters. The molecule has 148 valence electrons. The van der Waals surface area contributed by atoms with E-state index in [1.54, 1.807) is 0 Å². The van der Waals surface area contributed by atoms with Gasteiger partial charge >= 0.3 is 12.1 Å². The van der Waals surface area contributed by atoms with Crippen LogP contribution in [0.3, 0.4) is 0 Å². The highest BCUT2D eigenvalue weighted by molar-refractivity contribution is 7.99. The highest BCUT2D eigenvalue weighted by Gasteiger charge is 2.34. The molecule has 2 aromatic carbocycles. The predicted molar refractivity (Wildman–Crippen MR) is 101 cm³/mol. The van der Waals surface area contributed by atoms with Crippen molar-refractivity contribution in [1.29, 1.82) is 0 Å². The number of aromatic nitrogens is 4. The van der Waals surface area contributed by atoms with Crippen LogP contribution in [-0.4, -0.2) is 31.9 Å². The number of fused-ring (bicyclic) bond motifs is 3. The van der Waals surface area contributed by atoms with Crippen LogP contribution in [0.4, 0.5) is 13.2 Å². The van der Waals surface area contributed by atoms with E-state index >= 15 is 0 Å². The van der Waals surface area contributed by atoms with Gasteiger partial charge in [-0.2, -0.15) is 13.2 Å². The number of alkyl halides is 3. The molecule has 0 fully saturated rings. The Kier molecular flexibility index (Phi) is 5.10. The summed E-state index contributed by atoms with van der Waals surface area (Å²) in [5, 5.41) is 7.83. The zero-order valence-electron chi connectivity index (χ0n) is 14.7. The number of esters is 1. The van der Waals surface area contributed by atoms with Gasteiger partial charge in [0.2, 0.25) is 5.16 Å². The summed E-state index contributed by atoms with van der Waals surface area (Å²) >= 11 is 0.997. The SMILES string of the molecule is O=C(CSc1nnc2c(n1)[nH]c1cccc(C(F)(F)F)c12)OCc1ccccc1. The number of thioether (sulfide) groups is 1. The monoisotopic (exact) mass is 418 g/mol. The van der Waals surface area contributed by atoms with E-state index in [2.05, 4.69) is 20.2 Å². The molecule has 0 bridgehead atoms. The highest BCUT2D eigenvalue weighted by atomic mass is 32.2. The van der Waals surface area contributed by atoms with Crippen LogP contribution in [-0.2, 0) is 22.3 Å². The Morgan fingerprint density at radius 3 is 2.62 bits per heavy atom. The minimum atomic E-state index is -4.52. The zero-order valence-corrected chi connectivity index (χ0v) is 15.5. The van der Waals surface area contributed by atoms with E-state index in [1.165, 1.54) is 12.1 Å². The van der Waals surface area contributed by atoms with Crippen LogP contribution in [0.5, 0.6) is 0 Å². The molecule has 29 heavy (non-hydrogen) atoms. The molecule has 10 heteroatoms. The van der Waals surface area contributed by atoms with Crippen molar-refractivity contribution in [1.82, 2.24) is 20.2 Å². The molecule has 4 aromatic rings. The van der Waals surface area contributed by atoms with Crippen molar-refractivity contribution in [2.45, 2.75) is 17.9 Å². The van der Waals surface area contributed by atoms with Crippen LogP contribution >= 0.6 is 11.8 Å². The van der Waals surface area contributed by atoms with Crippen molar-refractivity contribution < 1.29 is 22.7 Å². The summed E-state index contributed by atoms with van der Waals surface area (Å²) in [6.45, 7) is 0.153. The molecule has 0 atom stereocenters. The van der Waals surface area contributed by atoms with Gasteiger partial charge in [-0.3, -0.25) is 4.79 Å². The third-order valence-corrected chi connectivity index (χ3v) is 4.90. The molecular formula is C19H13F3N4O2S. The number of hydrogen-bond acceptors (Lipinski definition) is 6. The van der Waals surface area contributed by atoms with E-state index in [0.29, 0.717) is 0 Å². The maximum absolute atomic E-state index is 13.3. The molecule has 2 heterocycles. The van der Waals surface area contributed by atoms with Gasteiger partial charge in [0.1, 0.15) is 12.1 Å². The van der Waals surface area contributed by atoms with E-state index < -0.39 is 17.7 Å². The standard InChI is InChI=1S/C19H13F3N4O2S/c20-19(21,22)12-7-4-8-13-15(12)16-17(23-13)24-18(26-25-16)29-10-14(27)28-9-11-5-2-1-3-6-11/h1-8H,9-10H2,(H,23,24,26). The summed E-state index contributed by atoms with van der Waals surface area (Å²) in [5.41, 5.74) is 0.530. The first kappa shape index (κ1) is 19.2. The van der Waals surface area contributed by atoms with Gasteiger partial charge in [-0.25, -0.2) is 4.98 Å². The maximum Gasteiger partial charge on any atom is 0.417 e. The predicted octanol–water partition coefficient (Wildman–Crippen LogP) is 4.36. The summed E-state index contributed by atoms with van der Waals surface area (Å²) in [4.78, 5) is 18.9. The van der Waals surface area contributed by atoms with E-state index in [-0.39, 0.29) is 39.6 Å².